The molecule has 212 valence electrons. The van der Waals surface area contributed by atoms with Gasteiger partial charge in [0.2, 0.25) is 0 Å². The zero-order valence-corrected chi connectivity index (χ0v) is 27.1. The fourth-order valence-electron chi connectivity index (χ4n) is 6.25. The molecule has 45 heavy (non-hydrogen) atoms. The van der Waals surface area contributed by atoms with Crippen LogP contribution < -0.4 is 9.89 Å². The largest absolute Gasteiger partial charge is 0.256 e. The monoisotopic (exact) mass is 704 g/mol. The Hall–Kier alpha value is -4.78. The van der Waals surface area contributed by atoms with Crippen LogP contribution in [0.2, 0.25) is 0 Å². The fourth-order valence-corrected chi connectivity index (χ4v) is 10.7. The van der Waals surface area contributed by atoms with Crippen LogP contribution in [0.3, 0.4) is 0 Å². The Morgan fingerprint density at radius 3 is 2.09 bits per heavy atom. The molecule has 8 aromatic rings. The van der Waals surface area contributed by atoms with E-state index in [0.29, 0.717) is 0 Å². The molecule has 0 fully saturated rings. The number of thiophene rings is 1. The summed E-state index contributed by atoms with van der Waals surface area (Å²) in [6, 6.07) is 52.5. The van der Waals surface area contributed by atoms with Crippen LogP contribution in [-0.4, -0.2) is 8.62 Å². The standard InChI is InChI=1S/C41H25IN2S/c1-2-10-27(11-3-1)37-40-39(34-17-6-7-18-36(34)45-40)44-41(42-37)28-21-19-26(20-22-28)29-12-8-13-30(24-29)35-25-31-14-9-23-43-38(31)33-16-5-4-15-32(33)35/h1-25H. The quantitative estimate of drug-likeness (QED) is 0.132. The van der Waals surface area contributed by atoms with Gasteiger partial charge in [0.05, 0.1) is 15.4 Å². The number of hydrogen-bond donors (Lipinski definition) is 0. The summed E-state index contributed by atoms with van der Waals surface area (Å²) in [4.78, 5) is 10.0. The molecule has 1 aliphatic rings. The van der Waals surface area contributed by atoms with Crippen molar-refractivity contribution in [3.8, 4) is 22.3 Å². The molecule has 0 unspecified atom stereocenters. The third-order valence-corrected chi connectivity index (χ3v) is 13.1. The number of aromatic nitrogens is 1. The molecule has 0 N–H and O–H groups in total. The van der Waals surface area contributed by atoms with E-state index in [1.54, 1.807) is 0 Å². The van der Waals surface area contributed by atoms with Crippen LogP contribution in [-0.2, 0) is 0 Å². The van der Waals surface area contributed by atoms with Crippen LogP contribution in [0.5, 0.6) is 0 Å². The summed E-state index contributed by atoms with van der Waals surface area (Å²) in [5.41, 5.74) is 8.43. The maximum absolute atomic E-state index is 5.34. The molecule has 3 heterocycles. The van der Waals surface area contributed by atoms with E-state index in [9.17, 15) is 0 Å². The van der Waals surface area contributed by atoms with Crippen LogP contribution in [0.25, 0.3) is 57.6 Å². The number of pyridine rings is 1. The van der Waals surface area contributed by atoms with Gasteiger partial charge in [0.1, 0.15) is 3.63 Å². The molecule has 0 bridgehead atoms. The van der Waals surface area contributed by atoms with E-state index in [1.807, 2.05) is 23.6 Å². The van der Waals surface area contributed by atoms with Crippen molar-refractivity contribution in [2.45, 2.75) is 0 Å². The second-order valence-electron chi connectivity index (χ2n) is 11.2. The van der Waals surface area contributed by atoms with Crippen LogP contribution in [0.15, 0.2) is 157 Å². The van der Waals surface area contributed by atoms with Crippen molar-refractivity contribution in [2.75, 3.05) is 0 Å². The molecule has 4 heteroatoms. The molecule has 0 amide bonds. The molecule has 1 aliphatic heterocycles. The van der Waals surface area contributed by atoms with Crippen molar-refractivity contribution in [3.05, 3.63) is 173 Å². The summed E-state index contributed by atoms with van der Waals surface area (Å²) in [5.74, 6) is 0. The van der Waals surface area contributed by atoms with E-state index in [-0.39, 0.29) is 0 Å². The van der Waals surface area contributed by atoms with Gasteiger partial charge in [-0.3, -0.25) is 4.98 Å². The van der Waals surface area contributed by atoms with Gasteiger partial charge in [0, 0.05) is 36.2 Å². The number of fused-ring (bicyclic) bond motifs is 6. The van der Waals surface area contributed by atoms with Crippen molar-refractivity contribution in [1.29, 1.82) is 0 Å². The Balaban J connectivity index is 1.13. The zero-order chi connectivity index (χ0) is 29.7. The zero-order valence-electron chi connectivity index (χ0n) is 24.1. The molecular weight excluding hydrogens is 679 g/mol. The molecule has 0 radical (unpaired) electrons. The maximum Gasteiger partial charge on any atom is 0.104 e. The fraction of sp³-hybridized carbons (Fsp3) is 0. The lowest BCUT2D eigenvalue weighted by molar-refractivity contribution is 1.43. The Morgan fingerprint density at radius 2 is 1.22 bits per heavy atom. The summed E-state index contributed by atoms with van der Waals surface area (Å²) in [6.07, 6.45) is 1.88. The van der Waals surface area contributed by atoms with Gasteiger partial charge in [-0.2, -0.15) is 0 Å². The number of rotatable bonds is 4. The summed E-state index contributed by atoms with van der Waals surface area (Å²) in [6.45, 7) is 0. The molecule has 0 atom stereocenters. The van der Waals surface area contributed by atoms with E-state index in [0.717, 1.165) is 16.3 Å². The molecule has 0 aliphatic carbocycles. The molecule has 0 saturated carbocycles. The van der Waals surface area contributed by atoms with Crippen LogP contribution in [0.1, 0.15) is 11.1 Å². The maximum atomic E-state index is 5.34. The predicted molar refractivity (Wildman–Crippen MR) is 200 cm³/mol. The lowest BCUT2D eigenvalue weighted by atomic mass is 9.93. The second kappa shape index (κ2) is 11.0. The van der Waals surface area contributed by atoms with Gasteiger partial charge in [0.25, 0.3) is 0 Å². The number of nitrogens with zero attached hydrogens (tertiary/aromatic N) is 2. The number of halogens is 1. The number of benzene rings is 6. The van der Waals surface area contributed by atoms with E-state index in [2.05, 4.69) is 140 Å². The molecule has 2 aromatic heterocycles. The van der Waals surface area contributed by atoms with E-state index in [1.165, 1.54) is 66.0 Å². The van der Waals surface area contributed by atoms with E-state index >= 15 is 0 Å². The van der Waals surface area contributed by atoms with Crippen LogP contribution in [0.4, 0.5) is 0 Å². The molecule has 2 nitrogen and oxygen atoms in total. The lowest BCUT2D eigenvalue weighted by Gasteiger charge is -2.12. The van der Waals surface area contributed by atoms with Crippen molar-refractivity contribution in [2.24, 2.45) is 4.99 Å². The minimum atomic E-state index is -0.463. The first-order chi connectivity index (χ1) is 22.3. The molecular formula is C41H25IN2S. The Labute approximate surface area is 274 Å². The number of hydrogen-bond acceptors (Lipinski definition) is 3. The van der Waals surface area contributed by atoms with Crippen LogP contribution >= 0.6 is 32.1 Å². The van der Waals surface area contributed by atoms with Crippen molar-refractivity contribution in [3.63, 3.8) is 0 Å². The molecule has 0 spiro atoms. The first-order valence-corrected chi connectivity index (χ1v) is 17.9. The van der Waals surface area contributed by atoms with Gasteiger partial charge in [0.15, 0.2) is 0 Å². The van der Waals surface area contributed by atoms with Gasteiger partial charge in [-0.1, -0.05) is 142 Å². The van der Waals surface area contributed by atoms with Gasteiger partial charge < -0.3 is 0 Å². The highest BCUT2D eigenvalue weighted by atomic mass is 127. The van der Waals surface area contributed by atoms with Gasteiger partial charge in [-0.15, -0.1) is 11.3 Å². The first-order valence-electron chi connectivity index (χ1n) is 15.0. The third kappa shape index (κ3) is 4.64. The summed E-state index contributed by atoms with van der Waals surface area (Å²) in [5, 5.41) is 5.94. The summed E-state index contributed by atoms with van der Waals surface area (Å²) >= 11 is 1.42. The third-order valence-electron chi connectivity index (χ3n) is 8.43. The predicted octanol–water partition coefficient (Wildman–Crippen LogP) is 9.88. The second-order valence-corrected chi connectivity index (χ2v) is 14.8. The highest BCUT2D eigenvalue weighted by molar-refractivity contribution is 14.2. The summed E-state index contributed by atoms with van der Waals surface area (Å²) in [7, 11) is 0. The topological polar surface area (TPSA) is 25.2 Å². The highest BCUT2D eigenvalue weighted by Gasteiger charge is 2.16. The van der Waals surface area contributed by atoms with E-state index < -0.39 is 20.7 Å². The van der Waals surface area contributed by atoms with Crippen LogP contribution in [0, 0.1) is 0 Å². The smallest absolute Gasteiger partial charge is 0.104 e. The summed E-state index contributed by atoms with van der Waals surface area (Å²) < 4.78 is 5.32. The van der Waals surface area contributed by atoms with Crippen molar-refractivity contribution < 1.29 is 0 Å². The molecule has 9 rings (SSSR count). The minimum Gasteiger partial charge on any atom is -0.256 e. The Morgan fingerprint density at radius 1 is 0.511 bits per heavy atom. The first kappa shape index (κ1) is 26.6. The van der Waals surface area contributed by atoms with Gasteiger partial charge in [-0.05, 0) is 57.5 Å². The average molecular weight is 705 g/mol. The highest BCUT2D eigenvalue weighted by Crippen LogP contribution is 2.36. The Bertz CT molecular complexity index is 2580. The van der Waals surface area contributed by atoms with Crippen molar-refractivity contribution >= 4 is 71.0 Å². The van der Waals surface area contributed by atoms with E-state index in [4.69, 9.17) is 9.98 Å². The van der Waals surface area contributed by atoms with Crippen molar-refractivity contribution in [1.82, 2.24) is 4.98 Å². The minimum absolute atomic E-state index is 0.463. The molecule has 0 saturated heterocycles. The normalized spacial score (nSPS) is 12.9. The molecule has 6 aromatic carbocycles. The van der Waals surface area contributed by atoms with Gasteiger partial charge >= 0.3 is 0 Å². The SMILES string of the molecule is c1ccc(C2=c3sc4ccccc4c3=NC(c3ccc(-c4cccc(-c5cc6cccnc6c6ccccc56)c4)cc3)=I2)cc1. The Kier molecular flexibility index (Phi) is 6.49. The average Bonchev–Trinajstić information content (AvgIpc) is 3.50. The van der Waals surface area contributed by atoms with Gasteiger partial charge in [-0.25, -0.2) is 4.99 Å². The lowest BCUT2D eigenvalue weighted by Crippen LogP contribution is -2.25.